The van der Waals surface area contributed by atoms with E-state index in [1.165, 1.54) is 6.07 Å². The van der Waals surface area contributed by atoms with Gasteiger partial charge in [0, 0.05) is 5.69 Å². The number of hydrogen-bond donors (Lipinski definition) is 2. The zero-order valence-electron chi connectivity index (χ0n) is 19.1. The van der Waals surface area contributed by atoms with Crippen molar-refractivity contribution < 1.29 is 23.4 Å². The summed E-state index contributed by atoms with van der Waals surface area (Å²) in [7, 11) is 0. The second-order valence-electron chi connectivity index (χ2n) is 7.03. The van der Waals surface area contributed by atoms with Crippen LogP contribution in [0.3, 0.4) is 0 Å². The van der Waals surface area contributed by atoms with Crippen molar-refractivity contribution >= 4 is 34.5 Å². The van der Waals surface area contributed by atoms with E-state index in [9.17, 15) is 9.59 Å². The maximum atomic E-state index is 12.0. The maximum absolute atomic E-state index is 12.0. The largest absolute Gasteiger partial charge is 0.494 e. The number of anilines is 3. The first kappa shape index (κ1) is 23.5. The van der Waals surface area contributed by atoms with Crippen LogP contribution in [0.1, 0.15) is 13.8 Å². The smallest absolute Gasteiger partial charge is 0.339 e. The van der Waals surface area contributed by atoms with Crippen molar-refractivity contribution in [3.63, 3.8) is 0 Å². The Morgan fingerprint density at radius 3 is 2.51 bits per heavy atom. The molecule has 0 aliphatic heterocycles. The van der Waals surface area contributed by atoms with Crippen LogP contribution in [0, 0.1) is 0 Å². The number of rotatable bonds is 10. The van der Waals surface area contributed by atoms with Crippen LogP contribution in [0.5, 0.6) is 17.5 Å². The van der Waals surface area contributed by atoms with E-state index >= 15 is 0 Å². The minimum absolute atomic E-state index is 0.0729. The molecule has 2 heterocycles. The van der Waals surface area contributed by atoms with Gasteiger partial charge in [-0.3, -0.25) is 4.79 Å². The molecule has 0 bridgehead atoms. The first-order valence-electron chi connectivity index (χ1n) is 10.9. The third-order valence-electron chi connectivity index (χ3n) is 4.55. The van der Waals surface area contributed by atoms with Crippen LogP contribution >= 0.6 is 0 Å². The number of nitrogens with zero attached hydrogens (tertiary/aromatic N) is 3. The minimum Gasteiger partial charge on any atom is -0.494 e. The molecule has 2 aromatic carbocycles. The molecule has 4 aromatic rings. The SMILES string of the molecule is CCOC(=O)CNc1nc(Nc2ccc(OCC)cc2)nc(Oc2cc(=O)oc3ccccc23)n1. The highest BCUT2D eigenvalue weighted by Crippen LogP contribution is 2.28. The molecule has 0 fully saturated rings. The van der Waals surface area contributed by atoms with E-state index in [2.05, 4.69) is 25.6 Å². The summed E-state index contributed by atoms with van der Waals surface area (Å²) in [6.45, 7) is 4.27. The average molecular weight is 477 g/mol. The summed E-state index contributed by atoms with van der Waals surface area (Å²) < 4.78 is 21.5. The number of ether oxygens (including phenoxy) is 3. The molecular formula is C24H23N5O6. The lowest BCUT2D eigenvalue weighted by atomic mass is 10.2. The van der Waals surface area contributed by atoms with Gasteiger partial charge in [0.1, 0.15) is 23.6 Å². The Labute approximate surface area is 200 Å². The first-order chi connectivity index (χ1) is 17.0. The monoisotopic (exact) mass is 477 g/mol. The molecule has 0 amide bonds. The van der Waals surface area contributed by atoms with Crippen LogP contribution in [-0.4, -0.2) is 40.7 Å². The van der Waals surface area contributed by atoms with Gasteiger partial charge in [0.2, 0.25) is 11.9 Å². The molecule has 0 saturated heterocycles. The average Bonchev–Trinajstić information content (AvgIpc) is 2.84. The molecule has 180 valence electrons. The lowest BCUT2D eigenvalue weighted by molar-refractivity contribution is -0.140. The number of carbonyl (C=O) groups is 1. The predicted octanol–water partition coefficient (Wildman–Crippen LogP) is 3.89. The lowest BCUT2D eigenvalue weighted by Gasteiger charge is -2.11. The van der Waals surface area contributed by atoms with Gasteiger partial charge < -0.3 is 29.3 Å². The number of benzene rings is 2. The van der Waals surface area contributed by atoms with Crippen molar-refractivity contribution in [3.8, 4) is 17.5 Å². The van der Waals surface area contributed by atoms with Crippen LogP contribution in [0.25, 0.3) is 11.0 Å². The quantitative estimate of drug-likeness (QED) is 0.254. The van der Waals surface area contributed by atoms with Gasteiger partial charge in [-0.2, -0.15) is 15.0 Å². The fraction of sp³-hybridized carbons (Fsp3) is 0.208. The molecule has 0 atom stereocenters. The fourth-order valence-corrected chi connectivity index (χ4v) is 3.10. The number of nitrogens with one attached hydrogen (secondary N) is 2. The highest BCUT2D eigenvalue weighted by Gasteiger charge is 2.14. The van der Waals surface area contributed by atoms with Gasteiger partial charge in [0.05, 0.1) is 24.7 Å². The molecule has 2 aromatic heterocycles. The van der Waals surface area contributed by atoms with Gasteiger partial charge in [-0.15, -0.1) is 0 Å². The third kappa shape index (κ3) is 6.22. The van der Waals surface area contributed by atoms with E-state index in [4.69, 9.17) is 18.6 Å². The summed E-state index contributed by atoms with van der Waals surface area (Å²) in [5.74, 6) is 0.695. The molecule has 0 saturated carbocycles. The highest BCUT2D eigenvalue weighted by molar-refractivity contribution is 5.83. The summed E-state index contributed by atoms with van der Waals surface area (Å²) in [5, 5.41) is 6.43. The van der Waals surface area contributed by atoms with Crippen LogP contribution < -0.4 is 25.7 Å². The summed E-state index contributed by atoms with van der Waals surface area (Å²) >= 11 is 0. The van der Waals surface area contributed by atoms with Crippen LogP contribution in [-0.2, 0) is 9.53 Å². The molecule has 0 unspecified atom stereocenters. The van der Waals surface area contributed by atoms with Crippen molar-refractivity contribution in [2.75, 3.05) is 30.4 Å². The lowest BCUT2D eigenvalue weighted by Crippen LogP contribution is -2.18. The van der Waals surface area contributed by atoms with E-state index in [1.807, 2.05) is 6.92 Å². The Hall–Kier alpha value is -4.67. The molecule has 11 nitrogen and oxygen atoms in total. The molecule has 0 aliphatic rings. The molecule has 4 rings (SSSR count). The number of carbonyl (C=O) groups excluding carboxylic acids is 1. The number of para-hydroxylation sites is 1. The highest BCUT2D eigenvalue weighted by atomic mass is 16.5. The fourth-order valence-electron chi connectivity index (χ4n) is 3.10. The van der Waals surface area contributed by atoms with Crippen molar-refractivity contribution in [3.05, 3.63) is 65.0 Å². The summed E-state index contributed by atoms with van der Waals surface area (Å²) in [6, 6.07) is 15.2. The maximum Gasteiger partial charge on any atom is 0.339 e. The van der Waals surface area contributed by atoms with Gasteiger partial charge in [-0.1, -0.05) is 12.1 Å². The Morgan fingerprint density at radius 1 is 0.971 bits per heavy atom. The van der Waals surface area contributed by atoms with Crippen molar-refractivity contribution in [1.82, 2.24) is 15.0 Å². The second-order valence-corrected chi connectivity index (χ2v) is 7.03. The normalized spacial score (nSPS) is 10.6. The second kappa shape index (κ2) is 11.0. The molecule has 2 N–H and O–H groups in total. The van der Waals surface area contributed by atoms with Gasteiger partial charge in [-0.25, -0.2) is 4.79 Å². The van der Waals surface area contributed by atoms with Gasteiger partial charge >= 0.3 is 17.6 Å². The molecule has 0 aliphatic carbocycles. The first-order valence-corrected chi connectivity index (χ1v) is 10.9. The summed E-state index contributed by atoms with van der Waals surface area (Å²) in [5.41, 5.74) is 0.464. The van der Waals surface area contributed by atoms with Crippen molar-refractivity contribution in [1.29, 1.82) is 0 Å². The minimum atomic E-state index is -0.582. The Bertz CT molecular complexity index is 1370. The Balaban J connectivity index is 1.64. The van der Waals surface area contributed by atoms with Gasteiger partial charge in [-0.05, 0) is 50.2 Å². The van der Waals surface area contributed by atoms with Crippen LogP contribution in [0.2, 0.25) is 0 Å². The Morgan fingerprint density at radius 2 is 1.74 bits per heavy atom. The summed E-state index contributed by atoms with van der Waals surface area (Å²) in [6.07, 6.45) is 0. The van der Waals surface area contributed by atoms with E-state index in [0.29, 0.717) is 23.3 Å². The number of fused-ring (bicyclic) bond motifs is 1. The summed E-state index contributed by atoms with van der Waals surface area (Å²) in [4.78, 5) is 36.6. The zero-order chi connectivity index (χ0) is 24.6. The molecule has 0 radical (unpaired) electrons. The number of hydrogen-bond acceptors (Lipinski definition) is 11. The van der Waals surface area contributed by atoms with Crippen LogP contribution in [0.15, 0.2) is 63.8 Å². The topological polar surface area (TPSA) is 138 Å². The van der Waals surface area contributed by atoms with Crippen molar-refractivity contribution in [2.24, 2.45) is 0 Å². The molecule has 11 heteroatoms. The zero-order valence-corrected chi connectivity index (χ0v) is 19.1. The standard InChI is InChI=1S/C24H23N5O6/c1-3-32-16-11-9-15(10-12-16)26-23-27-22(25-14-21(31)33-4-2)28-24(29-23)35-19-13-20(30)34-18-8-6-5-7-17(18)19/h5-13H,3-4,14H2,1-2H3,(H2,25,26,27,28,29). The third-order valence-corrected chi connectivity index (χ3v) is 4.55. The van der Waals surface area contributed by atoms with Gasteiger partial charge in [0.15, 0.2) is 0 Å². The molecule has 35 heavy (non-hydrogen) atoms. The van der Waals surface area contributed by atoms with Gasteiger partial charge in [0.25, 0.3) is 0 Å². The number of esters is 1. The number of aromatic nitrogens is 3. The molecule has 0 spiro atoms. The van der Waals surface area contributed by atoms with E-state index in [1.54, 1.807) is 55.5 Å². The molecular weight excluding hydrogens is 454 g/mol. The van der Waals surface area contributed by atoms with E-state index in [0.717, 1.165) is 5.75 Å². The predicted molar refractivity (Wildman–Crippen MR) is 128 cm³/mol. The van der Waals surface area contributed by atoms with E-state index < -0.39 is 11.6 Å². The van der Waals surface area contributed by atoms with Crippen LogP contribution in [0.4, 0.5) is 17.6 Å². The van der Waals surface area contributed by atoms with Crippen molar-refractivity contribution in [2.45, 2.75) is 13.8 Å². The van der Waals surface area contributed by atoms with E-state index in [-0.39, 0.29) is 36.8 Å². The Kier molecular flexibility index (Phi) is 7.36.